The van der Waals surface area contributed by atoms with Gasteiger partial charge in [-0.05, 0) is 24.1 Å². The first-order chi connectivity index (χ1) is 13.7. The van der Waals surface area contributed by atoms with Crippen LogP contribution in [0.5, 0.6) is 0 Å². The van der Waals surface area contributed by atoms with E-state index in [9.17, 15) is 18.0 Å². The monoisotopic (exact) mass is 420 g/mol. The Labute approximate surface area is 165 Å². The van der Waals surface area contributed by atoms with Crippen LogP contribution in [0.15, 0.2) is 29.1 Å². The normalized spacial score (nSPS) is 11.6. The summed E-state index contributed by atoms with van der Waals surface area (Å²) in [5, 5.41) is 0. The number of carbonyl (C=O) groups is 1. The van der Waals surface area contributed by atoms with Gasteiger partial charge in [0.15, 0.2) is 11.5 Å². The maximum Gasteiger partial charge on any atom is 0.328 e. The van der Waals surface area contributed by atoms with Crippen LogP contribution < -0.4 is 27.4 Å². The maximum atomic E-state index is 12.4. The Hall–Kier alpha value is -3.45. The lowest BCUT2D eigenvalue weighted by molar-refractivity contribution is 0.1000. The number of amides is 1. The summed E-state index contributed by atoms with van der Waals surface area (Å²) in [5.41, 5.74) is 14.5. The average molecular weight is 420 g/mol. The molecule has 29 heavy (non-hydrogen) atoms. The van der Waals surface area contributed by atoms with Gasteiger partial charge >= 0.3 is 5.69 Å². The second-order valence-corrected chi connectivity index (χ2v) is 8.10. The number of nitrogen functional groups attached to an aromatic ring is 1. The number of nitrogens with zero attached hydrogens (tertiary/aromatic N) is 3. The zero-order valence-corrected chi connectivity index (χ0v) is 16.3. The zero-order valence-electron chi connectivity index (χ0n) is 15.5. The van der Waals surface area contributed by atoms with Crippen molar-refractivity contribution in [2.75, 3.05) is 16.9 Å². The van der Waals surface area contributed by atoms with E-state index in [1.807, 2.05) is 0 Å². The molecule has 0 aliphatic heterocycles. The highest BCUT2D eigenvalue weighted by molar-refractivity contribution is 7.89. The molecule has 0 unspecified atom stereocenters. The summed E-state index contributed by atoms with van der Waals surface area (Å²) >= 11 is 0. The van der Waals surface area contributed by atoms with Crippen LogP contribution in [0, 0.1) is 0 Å². The fraction of sp³-hybridized carbons (Fsp3) is 0.250. The van der Waals surface area contributed by atoms with E-state index in [-0.39, 0.29) is 35.2 Å². The second kappa shape index (κ2) is 7.89. The van der Waals surface area contributed by atoms with Crippen molar-refractivity contribution in [3.05, 3.63) is 45.9 Å². The highest BCUT2D eigenvalue weighted by Crippen LogP contribution is 2.17. The Balaban J connectivity index is 1.93. The number of primary amides is 1. The van der Waals surface area contributed by atoms with Gasteiger partial charge in [0, 0.05) is 5.56 Å². The Kier molecular flexibility index (Phi) is 5.52. The lowest BCUT2D eigenvalue weighted by Gasteiger charge is -2.09. The van der Waals surface area contributed by atoms with Crippen LogP contribution >= 0.6 is 0 Å². The van der Waals surface area contributed by atoms with Crippen LogP contribution in [0.1, 0.15) is 29.3 Å². The van der Waals surface area contributed by atoms with Crippen molar-refractivity contribution in [1.82, 2.24) is 24.4 Å². The molecule has 0 aliphatic rings. The minimum absolute atomic E-state index is 0.0212. The van der Waals surface area contributed by atoms with Crippen LogP contribution in [0.3, 0.4) is 0 Å². The van der Waals surface area contributed by atoms with Gasteiger partial charge in [-0.15, -0.1) is 4.83 Å². The van der Waals surface area contributed by atoms with E-state index in [1.165, 1.54) is 4.57 Å². The molecule has 2 aromatic heterocycles. The van der Waals surface area contributed by atoms with E-state index in [0.29, 0.717) is 17.5 Å². The van der Waals surface area contributed by atoms with Crippen molar-refractivity contribution in [3.8, 4) is 0 Å². The summed E-state index contributed by atoms with van der Waals surface area (Å²) in [6, 6.07) is 6.43. The number of rotatable bonds is 8. The van der Waals surface area contributed by atoms with Crippen molar-refractivity contribution in [3.63, 3.8) is 0 Å². The molecule has 12 nitrogen and oxygen atoms in total. The number of anilines is 2. The van der Waals surface area contributed by atoms with Gasteiger partial charge in [-0.2, -0.15) is 9.97 Å². The van der Waals surface area contributed by atoms with Crippen molar-refractivity contribution < 1.29 is 13.2 Å². The van der Waals surface area contributed by atoms with Gasteiger partial charge in [0.25, 0.3) is 0 Å². The first kappa shape index (κ1) is 20.3. The van der Waals surface area contributed by atoms with Gasteiger partial charge in [-0.1, -0.05) is 19.1 Å². The summed E-state index contributed by atoms with van der Waals surface area (Å²) in [4.78, 5) is 36.4. The van der Waals surface area contributed by atoms with Crippen LogP contribution in [0.4, 0.5) is 11.8 Å². The number of aromatic nitrogens is 4. The predicted octanol–water partition coefficient (Wildman–Crippen LogP) is -0.495. The molecule has 0 spiro atoms. The molecule has 3 aromatic rings. The van der Waals surface area contributed by atoms with E-state index in [2.05, 4.69) is 25.2 Å². The minimum Gasteiger partial charge on any atom is -0.382 e. The molecule has 0 atom stereocenters. The molecule has 7 N–H and O–H groups in total. The average Bonchev–Trinajstić information content (AvgIpc) is 2.97. The molecule has 3 rings (SSSR count). The molecule has 0 bridgehead atoms. The number of fused-ring (bicyclic) bond motifs is 1. The summed E-state index contributed by atoms with van der Waals surface area (Å²) in [6.07, 6.45) is 0.435. The largest absolute Gasteiger partial charge is 0.382 e. The van der Waals surface area contributed by atoms with Gasteiger partial charge in [0.2, 0.25) is 21.9 Å². The zero-order chi connectivity index (χ0) is 21.2. The van der Waals surface area contributed by atoms with Gasteiger partial charge in [0.05, 0.1) is 12.3 Å². The first-order valence-electron chi connectivity index (χ1n) is 8.60. The summed E-state index contributed by atoms with van der Waals surface area (Å²) in [7, 11) is -3.56. The number of hydrogen-bond acceptors (Lipinski definition) is 8. The topological polar surface area (TPSA) is 191 Å². The molecule has 0 radical (unpaired) electrons. The molecule has 0 saturated carbocycles. The number of benzene rings is 1. The summed E-state index contributed by atoms with van der Waals surface area (Å²) in [5.74, 6) is -0.755. The Morgan fingerprint density at radius 3 is 2.55 bits per heavy atom. The van der Waals surface area contributed by atoms with Gasteiger partial charge < -0.3 is 16.5 Å². The number of hydrazine groups is 1. The number of nitrogens with one attached hydrogen (secondary N) is 3. The highest BCUT2D eigenvalue weighted by atomic mass is 32.2. The fourth-order valence-corrected chi connectivity index (χ4v) is 3.54. The van der Waals surface area contributed by atoms with Crippen LogP contribution in [-0.2, 0) is 16.6 Å². The van der Waals surface area contributed by atoms with E-state index in [0.717, 1.165) is 0 Å². The lowest BCUT2D eigenvalue weighted by Crippen LogP contribution is -2.32. The number of H-pyrrole nitrogens is 1. The Morgan fingerprint density at radius 2 is 1.93 bits per heavy atom. The third-order valence-electron chi connectivity index (χ3n) is 4.02. The second-order valence-electron chi connectivity index (χ2n) is 6.25. The van der Waals surface area contributed by atoms with E-state index in [4.69, 9.17) is 11.5 Å². The van der Waals surface area contributed by atoms with Gasteiger partial charge in [-0.3, -0.25) is 14.8 Å². The number of sulfonamides is 1. The van der Waals surface area contributed by atoms with Crippen molar-refractivity contribution in [2.45, 2.75) is 19.9 Å². The first-order valence-corrected chi connectivity index (χ1v) is 10.3. The summed E-state index contributed by atoms with van der Waals surface area (Å²) in [6.45, 7) is 1.86. The third kappa shape index (κ3) is 4.52. The van der Waals surface area contributed by atoms with Gasteiger partial charge in [0.1, 0.15) is 5.52 Å². The lowest BCUT2D eigenvalue weighted by atomic mass is 10.1. The van der Waals surface area contributed by atoms with Crippen LogP contribution in [0.25, 0.3) is 11.2 Å². The summed E-state index contributed by atoms with van der Waals surface area (Å²) < 4.78 is 24.9. The predicted molar refractivity (Wildman–Crippen MR) is 107 cm³/mol. The van der Waals surface area contributed by atoms with Gasteiger partial charge in [-0.25, -0.2) is 13.2 Å². The number of hydrogen-bond donors (Lipinski definition) is 5. The molecule has 0 fully saturated rings. The quantitative estimate of drug-likeness (QED) is 0.301. The van der Waals surface area contributed by atoms with E-state index in [1.54, 1.807) is 31.2 Å². The number of nitrogens with two attached hydrogens (primary N) is 2. The molecule has 0 saturated heterocycles. The molecular formula is C16H20N8O4S. The highest BCUT2D eigenvalue weighted by Gasteiger charge is 2.16. The Morgan fingerprint density at radius 1 is 1.24 bits per heavy atom. The Bertz CT molecular complexity index is 1210. The van der Waals surface area contributed by atoms with Crippen molar-refractivity contribution in [2.24, 2.45) is 5.73 Å². The number of imidazole rings is 1. The van der Waals surface area contributed by atoms with Crippen LogP contribution in [0.2, 0.25) is 0 Å². The standard InChI is InChI=1S/C16H20N8O4S/c1-2-7-29(27,28)23-22-15-20-12(17)11-14(21-15)24(16(26)19-11)8-9-3-5-10(6-4-9)13(18)25/h3-6,23H,2,7-8H2,1H3,(H2,18,25)(H,19,26)(H3,17,20,21,22). The SMILES string of the molecule is CCCS(=O)(=O)NNc1nc(N)c2[nH]c(=O)n(Cc3ccc(C(N)=O)cc3)c2n1. The molecule has 154 valence electrons. The minimum atomic E-state index is -3.56. The molecule has 1 aromatic carbocycles. The smallest absolute Gasteiger partial charge is 0.328 e. The van der Waals surface area contributed by atoms with Crippen molar-refractivity contribution in [1.29, 1.82) is 0 Å². The molecular weight excluding hydrogens is 400 g/mol. The molecule has 2 heterocycles. The van der Waals surface area contributed by atoms with Crippen molar-refractivity contribution >= 4 is 38.9 Å². The number of carbonyl (C=O) groups excluding carboxylic acids is 1. The molecule has 0 aliphatic carbocycles. The van der Waals surface area contributed by atoms with E-state index >= 15 is 0 Å². The molecule has 13 heteroatoms. The fourth-order valence-electron chi connectivity index (χ4n) is 2.65. The maximum absolute atomic E-state index is 12.4. The molecule has 1 amide bonds. The number of aromatic amines is 1. The van der Waals surface area contributed by atoms with E-state index < -0.39 is 21.6 Å². The van der Waals surface area contributed by atoms with Crippen LogP contribution in [-0.4, -0.2) is 39.6 Å². The third-order valence-corrected chi connectivity index (χ3v) is 5.38.